The van der Waals surface area contributed by atoms with Crippen molar-refractivity contribution in [1.29, 1.82) is 0 Å². The molecule has 1 saturated heterocycles. The molecule has 1 heterocycles. The van der Waals surface area contributed by atoms with Gasteiger partial charge in [0.1, 0.15) is 0 Å². The summed E-state index contributed by atoms with van der Waals surface area (Å²) in [6.07, 6.45) is 8.47. The van der Waals surface area contributed by atoms with Crippen molar-refractivity contribution in [1.82, 2.24) is 10.2 Å². The highest BCUT2D eigenvalue weighted by atomic mass is 35.5. The van der Waals surface area contributed by atoms with Crippen LogP contribution in [0.1, 0.15) is 55.6 Å². The molecule has 1 N–H and O–H groups in total. The number of piperidine rings is 1. The number of nitrogens with zero attached hydrogens (tertiary/aromatic N) is 1. The zero-order valence-electron chi connectivity index (χ0n) is 14.3. The predicted molar refractivity (Wildman–Crippen MR) is 99.5 cm³/mol. The van der Waals surface area contributed by atoms with Gasteiger partial charge in [-0.15, -0.1) is 12.4 Å². The largest absolute Gasteiger partial charge is 0.317 e. The minimum Gasteiger partial charge on any atom is -0.317 e. The summed E-state index contributed by atoms with van der Waals surface area (Å²) in [7, 11) is 0. The first-order valence-electron chi connectivity index (χ1n) is 9.33. The molecular formula is C20H31ClN2. The van der Waals surface area contributed by atoms with E-state index in [9.17, 15) is 0 Å². The first-order valence-corrected chi connectivity index (χ1v) is 9.33. The average molecular weight is 335 g/mol. The second-order valence-corrected chi connectivity index (χ2v) is 7.80. The Hall–Kier alpha value is -0.570. The number of halogens is 1. The van der Waals surface area contributed by atoms with Crippen LogP contribution in [0.4, 0.5) is 0 Å². The molecule has 0 spiro atoms. The van der Waals surface area contributed by atoms with E-state index in [2.05, 4.69) is 41.4 Å². The number of rotatable bonds is 5. The number of hydrogen-bond donors (Lipinski definition) is 1. The van der Waals surface area contributed by atoms with Gasteiger partial charge in [0.05, 0.1) is 0 Å². The molecule has 0 radical (unpaired) electrons. The van der Waals surface area contributed by atoms with Gasteiger partial charge in [-0.25, -0.2) is 0 Å². The molecule has 3 fully saturated rings. The monoisotopic (exact) mass is 334 g/mol. The highest BCUT2D eigenvalue weighted by Crippen LogP contribution is 2.44. The van der Waals surface area contributed by atoms with Crippen LogP contribution in [0.15, 0.2) is 24.3 Å². The lowest BCUT2D eigenvalue weighted by atomic mass is 9.73. The summed E-state index contributed by atoms with van der Waals surface area (Å²) >= 11 is 0. The fraction of sp³-hybridized carbons (Fsp3) is 0.700. The molecule has 3 heteroatoms. The van der Waals surface area contributed by atoms with Crippen molar-refractivity contribution in [2.75, 3.05) is 19.6 Å². The Morgan fingerprint density at radius 3 is 2.35 bits per heavy atom. The molecule has 0 atom stereocenters. The smallest absolute Gasteiger partial charge is 0.0110 e. The highest BCUT2D eigenvalue weighted by Gasteiger charge is 2.41. The Kier molecular flexibility index (Phi) is 5.66. The first kappa shape index (κ1) is 17.3. The molecule has 23 heavy (non-hydrogen) atoms. The molecule has 1 aromatic carbocycles. The molecular weight excluding hydrogens is 304 g/mol. The van der Waals surface area contributed by atoms with E-state index in [0.717, 1.165) is 23.9 Å². The molecule has 1 aromatic rings. The molecule has 3 aliphatic rings. The molecule has 2 nitrogen and oxygen atoms in total. The van der Waals surface area contributed by atoms with Crippen LogP contribution >= 0.6 is 12.4 Å². The van der Waals surface area contributed by atoms with Crippen LogP contribution in [-0.2, 0) is 0 Å². The van der Waals surface area contributed by atoms with E-state index in [1.54, 1.807) is 5.56 Å². The summed E-state index contributed by atoms with van der Waals surface area (Å²) < 4.78 is 0. The van der Waals surface area contributed by atoms with Crippen molar-refractivity contribution in [3.05, 3.63) is 35.4 Å². The van der Waals surface area contributed by atoms with Gasteiger partial charge in [0.15, 0.2) is 0 Å². The SMILES string of the molecule is Cc1ccccc1C1CC(N(CC2CCNCC2)C2CC2)C1.Cl. The van der Waals surface area contributed by atoms with Gasteiger partial charge < -0.3 is 5.32 Å². The number of nitrogens with one attached hydrogen (secondary N) is 1. The lowest BCUT2D eigenvalue weighted by molar-refractivity contribution is 0.0766. The van der Waals surface area contributed by atoms with Crippen molar-refractivity contribution in [3.63, 3.8) is 0 Å². The van der Waals surface area contributed by atoms with E-state index in [-0.39, 0.29) is 12.4 Å². The fourth-order valence-corrected chi connectivity index (χ4v) is 4.52. The minimum absolute atomic E-state index is 0. The van der Waals surface area contributed by atoms with Gasteiger partial charge in [0.25, 0.3) is 0 Å². The lowest BCUT2D eigenvalue weighted by Crippen LogP contribution is -2.48. The Bertz CT molecular complexity index is 502. The molecule has 0 unspecified atom stereocenters. The molecule has 2 saturated carbocycles. The van der Waals surface area contributed by atoms with E-state index in [1.165, 1.54) is 63.7 Å². The van der Waals surface area contributed by atoms with Crippen molar-refractivity contribution in [2.24, 2.45) is 5.92 Å². The Balaban J connectivity index is 0.00000156. The van der Waals surface area contributed by atoms with Gasteiger partial charge in [-0.1, -0.05) is 24.3 Å². The zero-order chi connectivity index (χ0) is 14.9. The maximum atomic E-state index is 3.51. The third-order valence-electron chi connectivity index (χ3n) is 6.15. The quantitative estimate of drug-likeness (QED) is 0.871. The third-order valence-corrected chi connectivity index (χ3v) is 6.15. The van der Waals surface area contributed by atoms with Crippen molar-refractivity contribution < 1.29 is 0 Å². The fourth-order valence-electron chi connectivity index (χ4n) is 4.52. The molecule has 128 valence electrons. The summed E-state index contributed by atoms with van der Waals surface area (Å²) in [5.41, 5.74) is 3.10. The first-order chi connectivity index (χ1) is 10.8. The summed E-state index contributed by atoms with van der Waals surface area (Å²) in [6.45, 7) is 6.12. The molecule has 0 bridgehead atoms. The lowest BCUT2D eigenvalue weighted by Gasteiger charge is -2.45. The summed E-state index contributed by atoms with van der Waals surface area (Å²) in [4.78, 5) is 2.91. The van der Waals surface area contributed by atoms with E-state index in [0.29, 0.717) is 0 Å². The van der Waals surface area contributed by atoms with Crippen LogP contribution in [0.25, 0.3) is 0 Å². The maximum absolute atomic E-state index is 3.51. The predicted octanol–water partition coefficient (Wildman–Crippen LogP) is 4.13. The van der Waals surface area contributed by atoms with Gasteiger partial charge in [-0.3, -0.25) is 4.90 Å². The molecule has 0 amide bonds. The van der Waals surface area contributed by atoms with Crippen LogP contribution in [0.3, 0.4) is 0 Å². The average Bonchev–Trinajstić information content (AvgIpc) is 3.32. The Morgan fingerprint density at radius 2 is 1.70 bits per heavy atom. The van der Waals surface area contributed by atoms with Crippen LogP contribution in [-0.4, -0.2) is 36.6 Å². The van der Waals surface area contributed by atoms with Crippen molar-refractivity contribution in [2.45, 2.75) is 63.5 Å². The Morgan fingerprint density at radius 1 is 1.00 bits per heavy atom. The second kappa shape index (κ2) is 7.55. The minimum atomic E-state index is 0. The molecule has 1 aliphatic heterocycles. The van der Waals surface area contributed by atoms with E-state index < -0.39 is 0 Å². The number of aryl methyl sites for hydroxylation is 1. The van der Waals surface area contributed by atoms with Gasteiger partial charge >= 0.3 is 0 Å². The second-order valence-electron chi connectivity index (χ2n) is 7.80. The normalized spacial score (nSPS) is 28.3. The summed E-state index contributed by atoms with van der Waals surface area (Å²) in [5.74, 6) is 1.76. The van der Waals surface area contributed by atoms with E-state index >= 15 is 0 Å². The summed E-state index contributed by atoms with van der Waals surface area (Å²) in [6, 6.07) is 10.8. The molecule has 4 rings (SSSR count). The zero-order valence-corrected chi connectivity index (χ0v) is 15.2. The van der Waals surface area contributed by atoms with Crippen LogP contribution in [0.2, 0.25) is 0 Å². The highest BCUT2D eigenvalue weighted by molar-refractivity contribution is 5.85. The van der Waals surface area contributed by atoms with Crippen LogP contribution in [0, 0.1) is 12.8 Å². The van der Waals surface area contributed by atoms with Crippen LogP contribution < -0.4 is 5.32 Å². The standard InChI is InChI=1S/C20H30N2.ClH/c1-15-4-2-3-5-20(15)17-12-19(13-17)22(18-6-7-18)14-16-8-10-21-11-9-16;/h2-5,16-19,21H,6-14H2,1H3;1H. The van der Waals surface area contributed by atoms with E-state index in [1.807, 2.05) is 0 Å². The van der Waals surface area contributed by atoms with Crippen LogP contribution in [0.5, 0.6) is 0 Å². The van der Waals surface area contributed by atoms with E-state index in [4.69, 9.17) is 0 Å². The van der Waals surface area contributed by atoms with Crippen molar-refractivity contribution >= 4 is 12.4 Å². The van der Waals surface area contributed by atoms with Gasteiger partial charge in [0.2, 0.25) is 0 Å². The van der Waals surface area contributed by atoms with Gasteiger partial charge in [-0.05, 0) is 81.5 Å². The number of hydrogen-bond acceptors (Lipinski definition) is 2. The summed E-state index contributed by atoms with van der Waals surface area (Å²) in [5, 5.41) is 3.51. The van der Waals surface area contributed by atoms with Gasteiger partial charge in [0, 0.05) is 18.6 Å². The van der Waals surface area contributed by atoms with Crippen molar-refractivity contribution in [3.8, 4) is 0 Å². The van der Waals surface area contributed by atoms with Gasteiger partial charge in [-0.2, -0.15) is 0 Å². The topological polar surface area (TPSA) is 15.3 Å². The number of benzene rings is 1. The molecule has 0 aromatic heterocycles. The Labute approximate surface area is 147 Å². The maximum Gasteiger partial charge on any atom is 0.0110 e. The molecule has 2 aliphatic carbocycles. The third kappa shape index (κ3) is 3.92.